The molecule has 1 saturated heterocycles. The first-order chi connectivity index (χ1) is 9.30. The summed E-state index contributed by atoms with van der Waals surface area (Å²) in [5.74, 6) is -0.140. The zero-order valence-corrected chi connectivity index (χ0v) is 12.6. The fraction of sp³-hybridized carbons (Fsp3) is 0.417. The first kappa shape index (κ1) is 15.2. The molecule has 1 aliphatic rings. The molecular weight excluding hydrogens is 302 g/mol. The quantitative estimate of drug-likeness (QED) is 0.867. The molecule has 1 aromatic carbocycles. The average Bonchev–Trinajstić information content (AvgIpc) is 2.40. The Morgan fingerprint density at radius 2 is 1.85 bits per heavy atom. The van der Waals surface area contributed by atoms with Gasteiger partial charge in [0.2, 0.25) is 0 Å². The molecule has 0 bridgehead atoms. The molecule has 1 fully saturated rings. The Labute approximate surface area is 123 Å². The van der Waals surface area contributed by atoms with E-state index in [1.165, 1.54) is 4.31 Å². The Morgan fingerprint density at radius 1 is 1.25 bits per heavy atom. The van der Waals surface area contributed by atoms with E-state index in [1.807, 2.05) is 0 Å². The van der Waals surface area contributed by atoms with E-state index >= 15 is 0 Å². The third kappa shape index (κ3) is 3.12. The van der Waals surface area contributed by atoms with Gasteiger partial charge in [-0.3, -0.25) is 4.79 Å². The van der Waals surface area contributed by atoms with Gasteiger partial charge in [0.15, 0.2) is 0 Å². The number of hydrogen-bond donors (Lipinski definition) is 1. The van der Waals surface area contributed by atoms with E-state index in [9.17, 15) is 13.2 Å². The largest absolute Gasteiger partial charge is 0.336 e. The molecule has 0 radical (unpaired) electrons. The van der Waals surface area contributed by atoms with Gasteiger partial charge < -0.3 is 4.90 Å². The van der Waals surface area contributed by atoms with Gasteiger partial charge in [-0.25, -0.2) is 5.14 Å². The summed E-state index contributed by atoms with van der Waals surface area (Å²) in [6.07, 6.45) is 0. The van der Waals surface area contributed by atoms with Crippen molar-refractivity contribution in [1.29, 1.82) is 0 Å². The van der Waals surface area contributed by atoms with Crippen LogP contribution < -0.4 is 5.14 Å². The normalized spacial score (nSPS) is 17.2. The standard InChI is InChI=1S/C12H16ClN3O3S/c1-9-10(3-2-4-11(9)13)12(17)15-5-7-16(8-6-15)20(14,18)19/h2-4H,5-8H2,1H3,(H2,14,18,19). The van der Waals surface area contributed by atoms with Crippen molar-refractivity contribution in [2.24, 2.45) is 5.14 Å². The van der Waals surface area contributed by atoms with Crippen LogP contribution >= 0.6 is 11.6 Å². The van der Waals surface area contributed by atoms with E-state index in [0.29, 0.717) is 23.7 Å². The van der Waals surface area contributed by atoms with E-state index in [0.717, 1.165) is 5.56 Å². The van der Waals surface area contributed by atoms with Gasteiger partial charge in [-0.15, -0.1) is 0 Å². The molecule has 1 aliphatic heterocycles. The maximum atomic E-state index is 12.4. The number of nitrogens with two attached hydrogens (primary N) is 1. The van der Waals surface area contributed by atoms with E-state index in [1.54, 1.807) is 30.0 Å². The minimum absolute atomic E-state index is 0.140. The minimum atomic E-state index is -3.68. The van der Waals surface area contributed by atoms with Gasteiger partial charge in [-0.2, -0.15) is 12.7 Å². The van der Waals surface area contributed by atoms with Gasteiger partial charge in [-0.05, 0) is 24.6 Å². The highest BCUT2D eigenvalue weighted by Crippen LogP contribution is 2.20. The number of amides is 1. The zero-order chi connectivity index (χ0) is 14.9. The number of carbonyl (C=O) groups is 1. The lowest BCUT2D eigenvalue weighted by Crippen LogP contribution is -2.52. The van der Waals surface area contributed by atoms with Crippen LogP contribution in [0.25, 0.3) is 0 Å². The lowest BCUT2D eigenvalue weighted by atomic mass is 10.1. The predicted octanol–water partition coefficient (Wildman–Crippen LogP) is 0.610. The Kier molecular flexibility index (Phi) is 4.33. The van der Waals surface area contributed by atoms with Gasteiger partial charge in [0.25, 0.3) is 16.1 Å². The molecule has 0 unspecified atom stereocenters. The number of halogens is 1. The highest BCUT2D eigenvalue weighted by Gasteiger charge is 2.27. The number of nitrogens with zero attached hydrogens (tertiary/aromatic N) is 2. The third-order valence-corrected chi connectivity index (χ3v) is 4.88. The van der Waals surface area contributed by atoms with Crippen molar-refractivity contribution in [2.75, 3.05) is 26.2 Å². The van der Waals surface area contributed by atoms with Crippen molar-refractivity contribution >= 4 is 27.7 Å². The summed E-state index contributed by atoms with van der Waals surface area (Å²) in [4.78, 5) is 14.0. The fourth-order valence-electron chi connectivity index (χ4n) is 2.16. The fourth-order valence-corrected chi connectivity index (χ4v) is 3.00. The Balaban J connectivity index is 2.11. The summed E-state index contributed by atoms with van der Waals surface area (Å²) in [6, 6.07) is 5.17. The second-order valence-corrected chi connectivity index (χ2v) is 6.60. The molecule has 2 N–H and O–H groups in total. The first-order valence-electron chi connectivity index (χ1n) is 6.13. The summed E-state index contributed by atoms with van der Waals surface area (Å²) in [7, 11) is -3.68. The van der Waals surface area contributed by atoms with Crippen LogP contribution in [0.1, 0.15) is 15.9 Å². The molecule has 1 heterocycles. The van der Waals surface area contributed by atoms with E-state index in [4.69, 9.17) is 16.7 Å². The van der Waals surface area contributed by atoms with Crippen molar-refractivity contribution in [3.05, 3.63) is 34.3 Å². The number of rotatable bonds is 2. The second kappa shape index (κ2) is 5.69. The molecule has 0 aliphatic carbocycles. The predicted molar refractivity (Wildman–Crippen MR) is 76.8 cm³/mol. The van der Waals surface area contributed by atoms with Gasteiger partial charge in [0.1, 0.15) is 0 Å². The lowest BCUT2D eigenvalue weighted by molar-refractivity contribution is 0.0697. The van der Waals surface area contributed by atoms with E-state index in [2.05, 4.69) is 0 Å². The monoisotopic (exact) mass is 317 g/mol. The van der Waals surface area contributed by atoms with Crippen LogP contribution in [0.15, 0.2) is 18.2 Å². The molecular formula is C12H16ClN3O3S. The van der Waals surface area contributed by atoms with Crippen molar-refractivity contribution in [3.63, 3.8) is 0 Å². The molecule has 6 nitrogen and oxygen atoms in total. The van der Waals surface area contributed by atoms with Crippen molar-refractivity contribution < 1.29 is 13.2 Å². The number of hydrogen-bond acceptors (Lipinski definition) is 3. The van der Waals surface area contributed by atoms with E-state index < -0.39 is 10.2 Å². The Hall–Kier alpha value is -1.15. The topological polar surface area (TPSA) is 83.7 Å². The summed E-state index contributed by atoms with van der Waals surface area (Å²) in [5.41, 5.74) is 1.27. The summed E-state index contributed by atoms with van der Waals surface area (Å²) in [6.45, 7) is 2.85. The first-order valence-corrected chi connectivity index (χ1v) is 8.01. The lowest BCUT2D eigenvalue weighted by Gasteiger charge is -2.33. The number of carbonyl (C=O) groups excluding carboxylic acids is 1. The minimum Gasteiger partial charge on any atom is -0.336 e. The smallest absolute Gasteiger partial charge is 0.277 e. The zero-order valence-electron chi connectivity index (χ0n) is 11.0. The van der Waals surface area contributed by atoms with Gasteiger partial charge in [0.05, 0.1) is 0 Å². The molecule has 0 spiro atoms. The molecule has 0 atom stereocenters. The SMILES string of the molecule is Cc1c(Cl)cccc1C(=O)N1CCN(S(N)(=O)=O)CC1. The van der Waals surface area contributed by atoms with Crippen LogP contribution in [0.3, 0.4) is 0 Å². The van der Waals surface area contributed by atoms with Crippen molar-refractivity contribution in [1.82, 2.24) is 9.21 Å². The van der Waals surface area contributed by atoms with Crippen LogP contribution in [0.5, 0.6) is 0 Å². The van der Waals surface area contributed by atoms with Crippen molar-refractivity contribution in [2.45, 2.75) is 6.92 Å². The summed E-state index contributed by atoms with van der Waals surface area (Å²) < 4.78 is 23.6. The number of piperazine rings is 1. The molecule has 8 heteroatoms. The summed E-state index contributed by atoms with van der Waals surface area (Å²) in [5, 5.41) is 5.60. The number of benzene rings is 1. The van der Waals surface area contributed by atoms with Crippen LogP contribution in [0.2, 0.25) is 5.02 Å². The van der Waals surface area contributed by atoms with E-state index in [-0.39, 0.29) is 19.0 Å². The molecule has 2 rings (SSSR count). The molecule has 0 aromatic heterocycles. The van der Waals surface area contributed by atoms with Crippen LogP contribution in [-0.2, 0) is 10.2 Å². The van der Waals surface area contributed by atoms with Crippen LogP contribution in [-0.4, -0.2) is 49.7 Å². The average molecular weight is 318 g/mol. The molecule has 1 aromatic rings. The Morgan fingerprint density at radius 3 is 2.40 bits per heavy atom. The van der Waals surface area contributed by atoms with Crippen LogP contribution in [0, 0.1) is 6.92 Å². The van der Waals surface area contributed by atoms with Gasteiger partial charge in [0, 0.05) is 36.8 Å². The summed E-state index contributed by atoms with van der Waals surface area (Å²) >= 11 is 6.01. The molecule has 1 amide bonds. The highest BCUT2D eigenvalue weighted by atomic mass is 35.5. The van der Waals surface area contributed by atoms with Gasteiger partial charge in [-0.1, -0.05) is 17.7 Å². The molecule has 20 heavy (non-hydrogen) atoms. The third-order valence-electron chi connectivity index (χ3n) is 3.38. The molecule has 0 saturated carbocycles. The second-order valence-electron chi connectivity index (χ2n) is 4.65. The maximum Gasteiger partial charge on any atom is 0.277 e. The van der Waals surface area contributed by atoms with Crippen LogP contribution in [0.4, 0.5) is 0 Å². The molecule has 110 valence electrons. The maximum absolute atomic E-state index is 12.4. The Bertz CT molecular complexity index is 625. The highest BCUT2D eigenvalue weighted by molar-refractivity contribution is 7.86. The van der Waals surface area contributed by atoms with Gasteiger partial charge >= 0.3 is 0 Å². The van der Waals surface area contributed by atoms with Crippen molar-refractivity contribution in [3.8, 4) is 0 Å².